The SMILES string of the molecule is Cc1cc(=O)c(C(=O)OC(C)C(=O)Nc2ccc(Br)cc2)nn1-c1ccc(Cl)cc1. The zero-order valence-corrected chi connectivity index (χ0v) is 18.4. The smallest absolute Gasteiger partial charge is 0.363 e. The standard InChI is InChI=1S/C21H17BrClN3O4/c1-12-11-18(27)19(25-26(12)17-9-5-15(23)6-10-17)21(29)30-13(2)20(28)24-16-7-3-14(22)4-8-16/h3-11,13H,1-2H3,(H,24,28). The number of hydrogen-bond donors (Lipinski definition) is 1. The summed E-state index contributed by atoms with van der Waals surface area (Å²) in [4.78, 5) is 37.1. The number of amides is 1. The molecule has 1 heterocycles. The van der Waals surface area contributed by atoms with E-state index < -0.39 is 29.1 Å². The Balaban J connectivity index is 1.78. The summed E-state index contributed by atoms with van der Waals surface area (Å²) >= 11 is 9.21. The lowest BCUT2D eigenvalue weighted by atomic mass is 10.2. The molecule has 0 fully saturated rings. The van der Waals surface area contributed by atoms with Crippen LogP contribution in [0.4, 0.5) is 5.69 Å². The molecule has 3 rings (SSSR count). The normalized spacial score (nSPS) is 11.6. The molecule has 7 nitrogen and oxygen atoms in total. The summed E-state index contributed by atoms with van der Waals surface area (Å²) in [6.07, 6.45) is -1.13. The summed E-state index contributed by atoms with van der Waals surface area (Å²) in [5.41, 5.74) is 0.679. The van der Waals surface area contributed by atoms with Crippen LogP contribution in [0, 0.1) is 6.92 Å². The van der Waals surface area contributed by atoms with Gasteiger partial charge >= 0.3 is 5.97 Å². The van der Waals surface area contributed by atoms with E-state index in [0.717, 1.165) is 4.47 Å². The summed E-state index contributed by atoms with van der Waals surface area (Å²) in [6, 6.07) is 15.0. The topological polar surface area (TPSA) is 90.3 Å². The summed E-state index contributed by atoms with van der Waals surface area (Å²) in [5.74, 6) is -1.52. The number of ether oxygens (including phenoxy) is 1. The minimum absolute atomic E-state index is 0.418. The zero-order chi connectivity index (χ0) is 21.8. The van der Waals surface area contributed by atoms with Crippen molar-refractivity contribution in [3.05, 3.63) is 85.7 Å². The lowest BCUT2D eigenvalue weighted by Crippen LogP contribution is -2.32. The third kappa shape index (κ3) is 5.14. The molecule has 154 valence electrons. The van der Waals surface area contributed by atoms with Crippen LogP contribution in [-0.2, 0) is 9.53 Å². The highest BCUT2D eigenvalue weighted by atomic mass is 79.9. The van der Waals surface area contributed by atoms with Crippen LogP contribution in [0.5, 0.6) is 0 Å². The third-order valence-corrected chi connectivity index (χ3v) is 4.92. The quantitative estimate of drug-likeness (QED) is 0.543. The molecule has 0 aliphatic heterocycles. The maximum atomic E-state index is 12.5. The first-order valence-electron chi connectivity index (χ1n) is 8.89. The Labute approximate surface area is 185 Å². The molecule has 30 heavy (non-hydrogen) atoms. The van der Waals surface area contributed by atoms with Gasteiger partial charge in [0.15, 0.2) is 6.10 Å². The van der Waals surface area contributed by atoms with Gasteiger partial charge in [-0.1, -0.05) is 27.5 Å². The molecule has 0 bridgehead atoms. The molecule has 0 aliphatic carbocycles. The Hall–Kier alpha value is -2.97. The fourth-order valence-electron chi connectivity index (χ4n) is 2.58. The second-order valence-corrected chi connectivity index (χ2v) is 7.78. The van der Waals surface area contributed by atoms with Gasteiger partial charge in [-0.05, 0) is 62.4 Å². The highest BCUT2D eigenvalue weighted by molar-refractivity contribution is 9.10. The number of anilines is 1. The first-order chi connectivity index (χ1) is 14.2. The van der Waals surface area contributed by atoms with Crippen molar-refractivity contribution in [2.24, 2.45) is 0 Å². The van der Waals surface area contributed by atoms with E-state index in [-0.39, 0.29) is 0 Å². The van der Waals surface area contributed by atoms with Gasteiger partial charge in [-0.3, -0.25) is 9.59 Å². The molecule has 3 aromatic rings. The van der Waals surface area contributed by atoms with Crippen LogP contribution in [0.1, 0.15) is 23.1 Å². The molecule has 9 heteroatoms. The summed E-state index contributed by atoms with van der Waals surface area (Å²) < 4.78 is 7.46. The molecule has 2 aromatic carbocycles. The Morgan fingerprint density at radius 1 is 1.13 bits per heavy atom. The molecular weight excluding hydrogens is 474 g/mol. The van der Waals surface area contributed by atoms with Crippen molar-refractivity contribution in [3.63, 3.8) is 0 Å². The number of carbonyl (C=O) groups excluding carboxylic acids is 2. The number of esters is 1. The molecule has 1 amide bonds. The molecule has 1 N–H and O–H groups in total. The second-order valence-electron chi connectivity index (χ2n) is 6.43. The van der Waals surface area contributed by atoms with Crippen molar-refractivity contribution >= 4 is 45.1 Å². The number of carbonyl (C=O) groups is 2. The van der Waals surface area contributed by atoms with E-state index in [4.69, 9.17) is 16.3 Å². The van der Waals surface area contributed by atoms with Crippen molar-refractivity contribution in [1.29, 1.82) is 0 Å². The maximum Gasteiger partial charge on any atom is 0.363 e. The molecule has 0 radical (unpaired) electrons. The lowest BCUT2D eigenvalue weighted by molar-refractivity contribution is -0.123. The third-order valence-electron chi connectivity index (χ3n) is 4.14. The van der Waals surface area contributed by atoms with Crippen LogP contribution in [0.15, 0.2) is 63.9 Å². The minimum Gasteiger partial charge on any atom is -0.448 e. The largest absolute Gasteiger partial charge is 0.448 e. The fourth-order valence-corrected chi connectivity index (χ4v) is 2.97. The van der Waals surface area contributed by atoms with Crippen LogP contribution in [-0.4, -0.2) is 27.8 Å². The minimum atomic E-state index is -1.13. The number of aromatic nitrogens is 2. The van der Waals surface area contributed by atoms with Gasteiger partial charge in [0, 0.05) is 26.9 Å². The molecule has 0 aliphatic rings. The van der Waals surface area contributed by atoms with E-state index in [1.165, 1.54) is 17.7 Å². The van der Waals surface area contributed by atoms with Crippen molar-refractivity contribution < 1.29 is 14.3 Å². The predicted octanol–water partition coefficient (Wildman–Crippen LogP) is 4.14. The molecule has 1 atom stereocenters. The number of aryl methyl sites for hydroxylation is 1. The number of benzene rings is 2. The Morgan fingerprint density at radius 3 is 2.40 bits per heavy atom. The van der Waals surface area contributed by atoms with Crippen molar-refractivity contribution in [2.45, 2.75) is 20.0 Å². The van der Waals surface area contributed by atoms with E-state index in [2.05, 4.69) is 26.3 Å². The van der Waals surface area contributed by atoms with E-state index in [9.17, 15) is 14.4 Å². The number of halogens is 2. The predicted molar refractivity (Wildman–Crippen MR) is 117 cm³/mol. The van der Waals surface area contributed by atoms with Gasteiger partial charge in [-0.15, -0.1) is 0 Å². The summed E-state index contributed by atoms with van der Waals surface area (Å²) in [7, 11) is 0. The average Bonchev–Trinajstić information content (AvgIpc) is 2.70. The number of hydrogen-bond acceptors (Lipinski definition) is 5. The Morgan fingerprint density at radius 2 is 1.77 bits per heavy atom. The van der Waals surface area contributed by atoms with E-state index >= 15 is 0 Å². The van der Waals surface area contributed by atoms with E-state index in [1.807, 2.05) is 0 Å². The van der Waals surface area contributed by atoms with Gasteiger partial charge < -0.3 is 10.1 Å². The molecule has 1 aromatic heterocycles. The monoisotopic (exact) mass is 489 g/mol. The molecule has 1 unspecified atom stereocenters. The van der Waals surface area contributed by atoms with Gasteiger partial charge in [0.2, 0.25) is 11.1 Å². The second kappa shape index (κ2) is 9.23. The molecular formula is C21H17BrClN3O4. The van der Waals surface area contributed by atoms with Crippen LogP contribution >= 0.6 is 27.5 Å². The highest BCUT2D eigenvalue weighted by Gasteiger charge is 2.23. The summed E-state index contributed by atoms with van der Waals surface area (Å²) in [6.45, 7) is 3.10. The van der Waals surface area contributed by atoms with Gasteiger partial charge in [-0.2, -0.15) is 5.10 Å². The van der Waals surface area contributed by atoms with Crippen LogP contribution in [0.3, 0.4) is 0 Å². The van der Waals surface area contributed by atoms with Crippen LogP contribution in [0.2, 0.25) is 5.02 Å². The average molecular weight is 491 g/mol. The number of nitrogens with zero attached hydrogens (tertiary/aromatic N) is 2. The lowest BCUT2D eigenvalue weighted by Gasteiger charge is -2.14. The first kappa shape index (κ1) is 21.7. The van der Waals surface area contributed by atoms with Crippen molar-refractivity contribution in [2.75, 3.05) is 5.32 Å². The van der Waals surface area contributed by atoms with Crippen molar-refractivity contribution in [1.82, 2.24) is 9.78 Å². The summed E-state index contributed by atoms with van der Waals surface area (Å²) in [5, 5.41) is 7.31. The number of rotatable bonds is 5. The van der Waals surface area contributed by atoms with Crippen LogP contribution < -0.4 is 10.7 Å². The maximum absolute atomic E-state index is 12.5. The van der Waals surface area contributed by atoms with Gasteiger partial charge in [-0.25, -0.2) is 9.48 Å². The molecule has 0 spiro atoms. The van der Waals surface area contributed by atoms with E-state index in [0.29, 0.717) is 22.1 Å². The van der Waals surface area contributed by atoms with Gasteiger partial charge in [0.25, 0.3) is 5.91 Å². The molecule has 0 saturated heterocycles. The zero-order valence-electron chi connectivity index (χ0n) is 16.1. The number of nitrogens with one attached hydrogen (secondary N) is 1. The molecule has 0 saturated carbocycles. The van der Waals surface area contributed by atoms with E-state index in [1.54, 1.807) is 55.5 Å². The van der Waals surface area contributed by atoms with Gasteiger partial charge in [0.1, 0.15) is 0 Å². The Bertz CT molecular complexity index is 1140. The van der Waals surface area contributed by atoms with Gasteiger partial charge in [0.05, 0.1) is 5.69 Å². The van der Waals surface area contributed by atoms with Crippen molar-refractivity contribution in [3.8, 4) is 5.69 Å². The Kier molecular flexibility index (Phi) is 6.69. The fraction of sp³-hybridized carbons (Fsp3) is 0.143. The van der Waals surface area contributed by atoms with Crippen LogP contribution in [0.25, 0.3) is 5.69 Å². The highest BCUT2D eigenvalue weighted by Crippen LogP contribution is 2.16. The first-order valence-corrected chi connectivity index (χ1v) is 10.1.